The van der Waals surface area contributed by atoms with Crippen LogP contribution in [0.2, 0.25) is 0 Å². The summed E-state index contributed by atoms with van der Waals surface area (Å²) in [6, 6.07) is 7.86. The molecule has 0 heterocycles. The highest BCUT2D eigenvalue weighted by Crippen LogP contribution is 2.33. The first-order valence-electron chi connectivity index (χ1n) is 5.83. The van der Waals surface area contributed by atoms with Gasteiger partial charge in [-0.25, -0.2) is 0 Å². The Bertz CT molecular complexity index is 518. The number of carboxylic acid groups (broad SMARTS) is 1. The number of carbonyl (C=O) groups is 1. The molecule has 0 aliphatic heterocycles. The number of nitriles is 1. The first-order valence-corrected chi connectivity index (χ1v) is 5.83. The van der Waals surface area contributed by atoms with E-state index in [-0.39, 0.29) is 18.5 Å². The quantitative estimate of drug-likeness (QED) is 0.626. The zero-order valence-corrected chi connectivity index (χ0v) is 10.5. The summed E-state index contributed by atoms with van der Waals surface area (Å²) >= 11 is 0. The molecule has 0 spiro atoms. The number of carboxylic acids is 1. The summed E-state index contributed by atoms with van der Waals surface area (Å²) in [6.45, 7) is 1.80. The minimum absolute atomic E-state index is 0.0510. The second kappa shape index (κ2) is 5.96. The largest absolute Gasteiger partial charge is 0.481 e. The van der Waals surface area contributed by atoms with Gasteiger partial charge in [-0.1, -0.05) is 19.1 Å². The van der Waals surface area contributed by atoms with Gasteiger partial charge in [-0.05, 0) is 18.4 Å². The van der Waals surface area contributed by atoms with Crippen molar-refractivity contribution in [1.82, 2.24) is 0 Å². The summed E-state index contributed by atoms with van der Waals surface area (Å²) in [6.07, 6.45) is 0.528. The first kappa shape index (κ1) is 14.6. The van der Waals surface area contributed by atoms with Crippen LogP contribution in [0.5, 0.6) is 0 Å². The summed E-state index contributed by atoms with van der Waals surface area (Å²) in [7, 11) is 0. The van der Waals surface area contributed by atoms with Crippen LogP contribution in [0.3, 0.4) is 0 Å². The molecular formula is C13H14N2O4. The maximum absolute atomic E-state index is 10.7. The van der Waals surface area contributed by atoms with Gasteiger partial charge in [-0.3, -0.25) is 14.9 Å². The SMILES string of the molecule is CC[C@@](C#N)(CCC(=O)O)c1ccc([N+](=O)[O-])cc1. The predicted octanol–water partition coefficient (Wildman–Crippen LogP) is 2.63. The van der Waals surface area contributed by atoms with Crippen LogP contribution in [0.15, 0.2) is 24.3 Å². The highest BCUT2D eigenvalue weighted by Gasteiger charge is 2.31. The number of hydrogen-bond acceptors (Lipinski definition) is 4. The van der Waals surface area contributed by atoms with Crippen molar-refractivity contribution >= 4 is 11.7 Å². The van der Waals surface area contributed by atoms with Gasteiger partial charge in [0, 0.05) is 18.6 Å². The maximum atomic E-state index is 10.7. The number of hydrogen-bond donors (Lipinski definition) is 1. The van der Waals surface area contributed by atoms with Crippen molar-refractivity contribution in [2.75, 3.05) is 0 Å². The monoisotopic (exact) mass is 262 g/mol. The molecule has 1 N–H and O–H groups in total. The average Bonchev–Trinajstić information content (AvgIpc) is 2.41. The van der Waals surface area contributed by atoms with Crippen LogP contribution in [0, 0.1) is 21.4 Å². The van der Waals surface area contributed by atoms with E-state index in [0.717, 1.165) is 0 Å². The Labute approximate surface area is 110 Å². The average molecular weight is 262 g/mol. The Balaban J connectivity index is 3.08. The van der Waals surface area contributed by atoms with Gasteiger partial charge in [-0.15, -0.1) is 0 Å². The van der Waals surface area contributed by atoms with Crippen LogP contribution in [0.4, 0.5) is 5.69 Å². The number of aliphatic carboxylic acids is 1. The zero-order valence-electron chi connectivity index (χ0n) is 10.5. The lowest BCUT2D eigenvalue weighted by Crippen LogP contribution is -2.24. The molecule has 1 rings (SSSR count). The molecule has 0 aliphatic carbocycles. The molecule has 0 radical (unpaired) electrons. The van der Waals surface area contributed by atoms with E-state index in [4.69, 9.17) is 5.11 Å². The van der Waals surface area contributed by atoms with Gasteiger partial charge in [0.1, 0.15) is 0 Å². The summed E-state index contributed by atoms with van der Waals surface area (Å²) in [5.41, 5.74) is -0.345. The predicted molar refractivity (Wildman–Crippen MR) is 67.5 cm³/mol. The molecule has 0 amide bonds. The summed E-state index contributed by atoms with van der Waals surface area (Å²) < 4.78 is 0. The number of rotatable bonds is 6. The second-order valence-corrected chi connectivity index (χ2v) is 4.25. The summed E-state index contributed by atoms with van der Waals surface area (Å²) in [5, 5.41) is 28.7. The molecule has 0 saturated carbocycles. The van der Waals surface area contributed by atoms with Crippen molar-refractivity contribution < 1.29 is 14.8 Å². The molecule has 1 aromatic carbocycles. The van der Waals surface area contributed by atoms with Crippen LogP contribution in [-0.2, 0) is 10.2 Å². The van der Waals surface area contributed by atoms with E-state index in [9.17, 15) is 20.2 Å². The van der Waals surface area contributed by atoms with Gasteiger partial charge in [-0.2, -0.15) is 5.26 Å². The van der Waals surface area contributed by atoms with Crippen LogP contribution >= 0.6 is 0 Å². The zero-order chi connectivity index (χ0) is 14.5. The molecule has 1 atom stereocenters. The van der Waals surface area contributed by atoms with E-state index in [1.54, 1.807) is 6.92 Å². The third-order valence-corrected chi connectivity index (χ3v) is 3.21. The molecule has 100 valence electrons. The topological polar surface area (TPSA) is 104 Å². The number of nitro groups is 1. The van der Waals surface area contributed by atoms with Crippen molar-refractivity contribution in [2.45, 2.75) is 31.6 Å². The summed E-state index contributed by atoms with van der Waals surface area (Å²) in [5.74, 6) is -0.963. The van der Waals surface area contributed by atoms with Crippen LogP contribution in [0.1, 0.15) is 31.7 Å². The van der Waals surface area contributed by atoms with E-state index >= 15 is 0 Å². The molecule has 0 unspecified atom stereocenters. The smallest absolute Gasteiger partial charge is 0.303 e. The Morgan fingerprint density at radius 2 is 2.05 bits per heavy atom. The van der Waals surface area contributed by atoms with Crippen LogP contribution < -0.4 is 0 Å². The van der Waals surface area contributed by atoms with Crippen molar-refractivity contribution in [1.29, 1.82) is 5.26 Å². The lowest BCUT2D eigenvalue weighted by Gasteiger charge is -2.24. The van der Waals surface area contributed by atoms with E-state index < -0.39 is 16.3 Å². The van der Waals surface area contributed by atoms with Crippen molar-refractivity contribution in [3.8, 4) is 6.07 Å². The fourth-order valence-corrected chi connectivity index (χ4v) is 1.95. The fourth-order valence-electron chi connectivity index (χ4n) is 1.95. The Morgan fingerprint density at radius 3 is 2.42 bits per heavy atom. The van der Waals surface area contributed by atoms with Gasteiger partial charge in [0.05, 0.1) is 16.4 Å². The Morgan fingerprint density at radius 1 is 1.47 bits per heavy atom. The number of non-ortho nitro benzene ring substituents is 1. The number of nitrogens with zero attached hydrogens (tertiary/aromatic N) is 2. The van der Waals surface area contributed by atoms with E-state index in [1.807, 2.05) is 0 Å². The van der Waals surface area contributed by atoms with Gasteiger partial charge in [0.25, 0.3) is 5.69 Å². The van der Waals surface area contributed by atoms with Crippen molar-refractivity contribution in [3.05, 3.63) is 39.9 Å². The van der Waals surface area contributed by atoms with E-state index in [2.05, 4.69) is 6.07 Å². The third-order valence-electron chi connectivity index (χ3n) is 3.21. The van der Waals surface area contributed by atoms with Gasteiger partial charge in [0.15, 0.2) is 0 Å². The molecule has 1 aromatic rings. The molecule has 0 aliphatic rings. The maximum Gasteiger partial charge on any atom is 0.303 e. The van der Waals surface area contributed by atoms with E-state index in [1.165, 1.54) is 24.3 Å². The molecule has 0 saturated heterocycles. The number of nitro benzene ring substituents is 1. The molecule has 6 nitrogen and oxygen atoms in total. The summed E-state index contributed by atoms with van der Waals surface area (Å²) in [4.78, 5) is 20.7. The van der Waals surface area contributed by atoms with Gasteiger partial charge < -0.3 is 5.11 Å². The van der Waals surface area contributed by atoms with E-state index in [0.29, 0.717) is 12.0 Å². The molecule has 19 heavy (non-hydrogen) atoms. The first-order chi connectivity index (χ1) is 8.95. The molecule has 0 fully saturated rings. The molecular weight excluding hydrogens is 248 g/mol. The van der Waals surface area contributed by atoms with Gasteiger partial charge >= 0.3 is 5.97 Å². The normalized spacial score (nSPS) is 13.3. The fraction of sp³-hybridized carbons (Fsp3) is 0.385. The lowest BCUT2D eigenvalue weighted by molar-refractivity contribution is -0.384. The highest BCUT2D eigenvalue weighted by molar-refractivity contribution is 5.67. The minimum Gasteiger partial charge on any atom is -0.481 e. The molecule has 0 bridgehead atoms. The third kappa shape index (κ3) is 3.28. The Hall–Kier alpha value is -2.42. The van der Waals surface area contributed by atoms with Crippen molar-refractivity contribution in [2.24, 2.45) is 0 Å². The molecule has 0 aromatic heterocycles. The lowest BCUT2D eigenvalue weighted by atomic mass is 9.76. The van der Waals surface area contributed by atoms with Crippen LogP contribution in [0.25, 0.3) is 0 Å². The molecule has 6 heteroatoms. The minimum atomic E-state index is -0.963. The second-order valence-electron chi connectivity index (χ2n) is 4.25. The Kier molecular flexibility index (Phi) is 4.59. The number of benzene rings is 1. The van der Waals surface area contributed by atoms with Crippen molar-refractivity contribution in [3.63, 3.8) is 0 Å². The highest BCUT2D eigenvalue weighted by atomic mass is 16.6. The van der Waals surface area contributed by atoms with Gasteiger partial charge in [0.2, 0.25) is 0 Å². The standard InChI is InChI=1S/C13H14N2O4/c1-2-13(9-14,8-7-12(16)17)10-3-5-11(6-4-10)15(18)19/h3-6H,2,7-8H2,1H3,(H,16,17)/t13-/m0/s1. The van der Waals surface area contributed by atoms with Crippen LogP contribution in [-0.4, -0.2) is 16.0 Å².